The molecule has 4 aromatic rings. The summed E-state index contributed by atoms with van der Waals surface area (Å²) in [5, 5.41) is 8.67. The lowest BCUT2D eigenvalue weighted by atomic mass is 9.97. The Labute approximate surface area is 169 Å². The SMILES string of the molecule is C=CCOc1ccc(C(=O)NN=Cc2c3ccccc3cc3ccccc23)cc1. The Kier molecular flexibility index (Phi) is 5.34. The molecule has 0 fully saturated rings. The molecule has 4 rings (SSSR count). The molecule has 1 N–H and O–H groups in total. The van der Waals surface area contributed by atoms with E-state index in [-0.39, 0.29) is 5.91 Å². The smallest absolute Gasteiger partial charge is 0.271 e. The molecule has 29 heavy (non-hydrogen) atoms. The van der Waals surface area contributed by atoms with Crippen LogP contribution in [0.25, 0.3) is 21.5 Å². The van der Waals surface area contributed by atoms with E-state index in [2.05, 4.69) is 47.4 Å². The highest BCUT2D eigenvalue weighted by atomic mass is 16.5. The first-order valence-corrected chi connectivity index (χ1v) is 9.34. The maximum Gasteiger partial charge on any atom is 0.271 e. The van der Waals surface area contributed by atoms with Crippen LogP contribution in [0.1, 0.15) is 15.9 Å². The van der Waals surface area contributed by atoms with Crippen molar-refractivity contribution >= 4 is 33.7 Å². The number of carbonyl (C=O) groups is 1. The van der Waals surface area contributed by atoms with Crippen LogP contribution in [-0.2, 0) is 0 Å². The molecule has 1 amide bonds. The molecule has 0 bridgehead atoms. The molecule has 142 valence electrons. The second-order valence-corrected chi connectivity index (χ2v) is 6.56. The molecule has 0 aromatic heterocycles. The van der Waals surface area contributed by atoms with Gasteiger partial charge in [-0.1, -0.05) is 61.2 Å². The molecule has 0 saturated heterocycles. The molecule has 0 atom stereocenters. The normalized spacial score (nSPS) is 11.0. The summed E-state index contributed by atoms with van der Waals surface area (Å²) in [4.78, 5) is 12.4. The lowest BCUT2D eigenvalue weighted by Crippen LogP contribution is -2.17. The van der Waals surface area contributed by atoms with E-state index in [1.54, 1.807) is 36.6 Å². The largest absolute Gasteiger partial charge is 0.490 e. The standard InChI is InChI=1S/C25H20N2O2/c1-2-15-29-21-13-11-18(12-14-21)25(28)27-26-17-24-22-9-5-3-7-19(22)16-20-8-4-6-10-23(20)24/h2-14,16-17H,1,15H2,(H,27,28). The molecule has 0 radical (unpaired) electrons. The number of hydrogen-bond donors (Lipinski definition) is 1. The minimum Gasteiger partial charge on any atom is -0.490 e. The lowest BCUT2D eigenvalue weighted by Gasteiger charge is -2.08. The third-order valence-corrected chi connectivity index (χ3v) is 4.66. The van der Waals surface area contributed by atoms with Crippen LogP contribution in [-0.4, -0.2) is 18.7 Å². The number of fused-ring (bicyclic) bond motifs is 2. The summed E-state index contributed by atoms with van der Waals surface area (Å²) >= 11 is 0. The van der Waals surface area contributed by atoms with Gasteiger partial charge >= 0.3 is 0 Å². The van der Waals surface area contributed by atoms with Crippen molar-refractivity contribution in [1.82, 2.24) is 5.43 Å². The number of hydrogen-bond acceptors (Lipinski definition) is 3. The Hall–Kier alpha value is -3.92. The van der Waals surface area contributed by atoms with Crippen molar-refractivity contribution in [2.45, 2.75) is 0 Å². The third kappa shape index (κ3) is 4.01. The van der Waals surface area contributed by atoms with Crippen LogP contribution in [0.2, 0.25) is 0 Å². The van der Waals surface area contributed by atoms with Crippen LogP contribution in [0.5, 0.6) is 5.75 Å². The number of ether oxygens (including phenoxy) is 1. The Morgan fingerprint density at radius 1 is 0.931 bits per heavy atom. The lowest BCUT2D eigenvalue weighted by molar-refractivity contribution is 0.0955. The summed E-state index contributed by atoms with van der Waals surface area (Å²) in [6.45, 7) is 4.04. The van der Waals surface area contributed by atoms with Gasteiger partial charge in [0.15, 0.2) is 0 Å². The van der Waals surface area contributed by atoms with E-state index in [9.17, 15) is 4.79 Å². The molecule has 4 aromatic carbocycles. The molecular formula is C25H20N2O2. The van der Waals surface area contributed by atoms with Gasteiger partial charge in [-0.15, -0.1) is 0 Å². The maximum atomic E-state index is 12.4. The predicted molar refractivity (Wildman–Crippen MR) is 119 cm³/mol. The third-order valence-electron chi connectivity index (χ3n) is 4.66. The van der Waals surface area contributed by atoms with Gasteiger partial charge in [0.2, 0.25) is 0 Å². The summed E-state index contributed by atoms with van der Waals surface area (Å²) in [5.74, 6) is 0.410. The van der Waals surface area contributed by atoms with E-state index in [1.165, 1.54) is 0 Å². The Balaban J connectivity index is 1.58. The van der Waals surface area contributed by atoms with E-state index < -0.39 is 0 Å². The van der Waals surface area contributed by atoms with E-state index in [1.807, 2.05) is 24.3 Å². The van der Waals surface area contributed by atoms with Gasteiger partial charge in [0.05, 0.1) is 6.21 Å². The van der Waals surface area contributed by atoms with Crippen LogP contribution in [0, 0.1) is 0 Å². The molecule has 0 saturated carbocycles. The van der Waals surface area contributed by atoms with Gasteiger partial charge in [-0.3, -0.25) is 4.79 Å². The number of amides is 1. The number of rotatable bonds is 6. The van der Waals surface area contributed by atoms with Gasteiger partial charge in [-0.25, -0.2) is 5.43 Å². The summed E-state index contributed by atoms with van der Waals surface area (Å²) in [7, 11) is 0. The number of benzene rings is 4. The highest BCUT2D eigenvalue weighted by molar-refractivity contribution is 6.13. The molecule has 0 aliphatic rings. The van der Waals surface area contributed by atoms with Gasteiger partial charge in [0.25, 0.3) is 5.91 Å². The fourth-order valence-corrected chi connectivity index (χ4v) is 3.27. The zero-order valence-electron chi connectivity index (χ0n) is 15.8. The van der Waals surface area contributed by atoms with Crippen LogP contribution in [0.3, 0.4) is 0 Å². The number of nitrogens with one attached hydrogen (secondary N) is 1. The first-order valence-electron chi connectivity index (χ1n) is 9.34. The van der Waals surface area contributed by atoms with Crippen molar-refractivity contribution in [2.24, 2.45) is 5.10 Å². The van der Waals surface area contributed by atoms with Crippen LogP contribution in [0.4, 0.5) is 0 Å². The summed E-state index contributed by atoms with van der Waals surface area (Å²) < 4.78 is 5.43. The average Bonchev–Trinajstić information content (AvgIpc) is 2.77. The van der Waals surface area contributed by atoms with Crippen molar-refractivity contribution in [3.05, 3.63) is 103 Å². The van der Waals surface area contributed by atoms with Gasteiger partial charge in [-0.2, -0.15) is 5.10 Å². The number of nitrogens with zero attached hydrogens (tertiary/aromatic N) is 1. The Bertz CT molecular complexity index is 1160. The highest BCUT2D eigenvalue weighted by Gasteiger charge is 2.07. The van der Waals surface area contributed by atoms with E-state index in [0.717, 1.165) is 27.1 Å². The van der Waals surface area contributed by atoms with Crippen molar-refractivity contribution in [3.63, 3.8) is 0 Å². The zero-order chi connectivity index (χ0) is 20.1. The van der Waals surface area contributed by atoms with E-state index in [4.69, 9.17) is 4.74 Å². The molecule has 0 aliphatic heterocycles. The quantitative estimate of drug-likeness (QED) is 0.213. The fraction of sp³-hybridized carbons (Fsp3) is 0.0400. The minimum absolute atomic E-state index is 0.277. The minimum atomic E-state index is -0.277. The van der Waals surface area contributed by atoms with Crippen molar-refractivity contribution < 1.29 is 9.53 Å². The molecule has 0 aliphatic carbocycles. The first-order chi connectivity index (χ1) is 14.3. The number of hydrazone groups is 1. The molecule has 4 nitrogen and oxygen atoms in total. The predicted octanol–water partition coefficient (Wildman–Crippen LogP) is 5.32. The summed E-state index contributed by atoms with van der Waals surface area (Å²) in [6.07, 6.45) is 3.39. The van der Waals surface area contributed by atoms with Gasteiger partial charge in [0.1, 0.15) is 12.4 Å². The second kappa shape index (κ2) is 8.40. The Morgan fingerprint density at radius 3 is 2.17 bits per heavy atom. The van der Waals surface area contributed by atoms with Crippen LogP contribution in [0.15, 0.2) is 96.6 Å². The number of carbonyl (C=O) groups excluding carboxylic acids is 1. The summed E-state index contributed by atoms with van der Waals surface area (Å²) in [5.41, 5.74) is 4.10. The van der Waals surface area contributed by atoms with Gasteiger partial charge in [0, 0.05) is 11.1 Å². The molecule has 0 heterocycles. The monoisotopic (exact) mass is 380 g/mol. The van der Waals surface area contributed by atoms with E-state index >= 15 is 0 Å². The zero-order valence-corrected chi connectivity index (χ0v) is 15.8. The fourth-order valence-electron chi connectivity index (χ4n) is 3.27. The molecule has 0 spiro atoms. The van der Waals surface area contributed by atoms with Crippen molar-refractivity contribution in [1.29, 1.82) is 0 Å². The second-order valence-electron chi connectivity index (χ2n) is 6.56. The van der Waals surface area contributed by atoms with E-state index in [0.29, 0.717) is 17.9 Å². The summed E-state index contributed by atoms with van der Waals surface area (Å²) in [6, 6.07) is 25.4. The maximum absolute atomic E-state index is 12.4. The molecule has 4 heteroatoms. The highest BCUT2D eigenvalue weighted by Crippen LogP contribution is 2.27. The average molecular weight is 380 g/mol. The van der Waals surface area contributed by atoms with Gasteiger partial charge < -0.3 is 4.74 Å². The van der Waals surface area contributed by atoms with Gasteiger partial charge in [-0.05, 0) is 51.9 Å². The molecular weight excluding hydrogens is 360 g/mol. The van der Waals surface area contributed by atoms with Crippen molar-refractivity contribution in [3.8, 4) is 5.75 Å². The van der Waals surface area contributed by atoms with Crippen LogP contribution < -0.4 is 10.2 Å². The van der Waals surface area contributed by atoms with Crippen molar-refractivity contribution in [2.75, 3.05) is 6.61 Å². The topological polar surface area (TPSA) is 50.7 Å². The first kappa shape index (κ1) is 18.4. The molecule has 0 unspecified atom stereocenters. The van der Waals surface area contributed by atoms with Crippen LogP contribution >= 0.6 is 0 Å². The Morgan fingerprint density at radius 2 is 1.55 bits per heavy atom.